The third kappa shape index (κ3) is 2.60. The van der Waals surface area contributed by atoms with Crippen molar-refractivity contribution in [3.63, 3.8) is 0 Å². The summed E-state index contributed by atoms with van der Waals surface area (Å²) in [5.74, 6) is 0.0752. The van der Waals surface area contributed by atoms with Crippen molar-refractivity contribution in [1.29, 1.82) is 0 Å². The highest BCUT2D eigenvalue weighted by atomic mass is 35.5. The summed E-state index contributed by atoms with van der Waals surface area (Å²) in [6.07, 6.45) is 0. The van der Waals surface area contributed by atoms with Gasteiger partial charge in [0, 0.05) is 23.6 Å². The Labute approximate surface area is 116 Å². The van der Waals surface area contributed by atoms with Crippen LogP contribution in [0.4, 0.5) is 15.8 Å². The van der Waals surface area contributed by atoms with Gasteiger partial charge in [-0.2, -0.15) is 0 Å². The van der Waals surface area contributed by atoms with Crippen molar-refractivity contribution in [2.24, 2.45) is 0 Å². The van der Waals surface area contributed by atoms with E-state index in [4.69, 9.17) is 23.2 Å². The average Bonchev–Trinajstić information content (AvgIpc) is 2.38. The number of para-hydroxylation sites is 1. The summed E-state index contributed by atoms with van der Waals surface area (Å²) in [5, 5.41) is 0.599. The number of halogens is 3. The molecule has 0 bridgehead atoms. The lowest BCUT2D eigenvalue weighted by Gasteiger charge is -2.22. The van der Waals surface area contributed by atoms with Crippen LogP contribution in [0.25, 0.3) is 0 Å². The molecule has 0 amide bonds. The fourth-order valence-electron chi connectivity index (χ4n) is 1.82. The number of alkyl halides is 1. The van der Waals surface area contributed by atoms with E-state index in [1.807, 2.05) is 6.07 Å². The van der Waals surface area contributed by atoms with E-state index in [1.165, 1.54) is 6.07 Å². The van der Waals surface area contributed by atoms with E-state index in [-0.39, 0.29) is 5.82 Å². The van der Waals surface area contributed by atoms with E-state index >= 15 is 0 Å². The zero-order valence-electron chi connectivity index (χ0n) is 9.83. The molecule has 0 heterocycles. The van der Waals surface area contributed by atoms with E-state index in [0.717, 1.165) is 11.3 Å². The SMILES string of the molecule is CN(c1ccccc1F)c1cc(Cl)ccc1CCl. The molecule has 0 radical (unpaired) electrons. The maximum absolute atomic E-state index is 13.8. The fraction of sp³-hybridized carbons (Fsp3) is 0.143. The van der Waals surface area contributed by atoms with Crippen LogP contribution in [0, 0.1) is 5.82 Å². The Bertz CT molecular complexity index is 557. The van der Waals surface area contributed by atoms with Crippen molar-refractivity contribution < 1.29 is 4.39 Å². The minimum absolute atomic E-state index is 0.277. The minimum Gasteiger partial charge on any atom is -0.342 e. The lowest BCUT2D eigenvalue weighted by Crippen LogP contribution is -2.13. The van der Waals surface area contributed by atoms with E-state index in [0.29, 0.717) is 16.6 Å². The molecule has 0 aromatic heterocycles. The van der Waals surface area contributed by atoms with Crippen LogP contribution in [-0.2, 0) is 5.88 Å². The van der Waals surface area contributed by atoms with Crippen LogP contribution in [0.2, 0.25) is 5.02 Å². The van der Waals surface area contributed by atoms with Crippen LogP contribution in [-0.4, -0.2) is 7.05 Å². The molecular formula is C14H12Cl2FN. The molecular weight excluding hydrogens is 272 g/mol. The first-order valence-corrected chi connectivity index (χ1v) is 6.37. The minimum atomic E-state index is -0.277. The van der Waals surface area contributed by atoms with Gasteiger partial charge in [-0.15, -0.1) is 11.6 Å². The third-order valence-electron chi connectivity index (χ3n) is 2.77. The molecule has 94 valence electrons. The second-order valence-electron chi connectivity index (χ2n) is 3.92. The summed E-state index contributed by atoms with van der Waals surface area (Å²) in [5.41, 5.74) is 2.21. The van der Waals surface area contributed by atoms with Gasteiger partial charge in [0.15, 0.2) is 0 Å². The molecule has 0 unspecified atom stereocenters. The van der Waals surface area contributed by atoms with Crippen molar-refractivity contribution in [1.82, 2.24) is 0 Å². The van der Waals surface area contributed by atoms with Crippen molar-refractivity contribution in [2.75, 3.05) is 11.9 Å². The summed E-state index contributed by atoms with van der Waals surface area (Å²) >= 11 is 11.9. The number of hydrogen-bond donors (Lipinski definition) is 0. The highest BCUT2D eigenvalue weighted by molar-refractivity contribution is 6.31. The molecule has 0 spiro atoms. The number of nitrogens with zero attached hydrogens (tertiary/aromatic N) is 1. The Hall–Kier alpha value is -1.25. The summed E-state index contributed by atoms with van der Waals surface area (Å²) in [6, 6.07) is 12.0. The second-order valence-corrected chi connectivity index (χ2v) is 4.62. The highest BCUT2D eigenvalue weighted by Crippen LogP contribution is 2.31. The van der Waals surface area contributed by atoms with Gasteiger partial charge in [-0.1, -0.05) is 29.8 Å². The van der Waals surface area contributed by atoms with Crippen molar-refractivity contribution in [3.8, 4) is 0 Å². The van der Waals surface area contributed by atoms with E-state index in [9.17, 15) is 4.39 Å². The smallest absolute Gasteiger partial charge is 0.146 e. The Morgan fingerprint density at radius 1 is 1.11 bits per heavy atom. The van der Waals surface area contributed by atoms with Crippen molar-refractivity contribution in [3.05, 3.63) is 58.9 Å². The maximum atomic E-state index is 13.8. The largest absolute Gasteiger partial charge is 0.342 e. The highest BCUT2D eigenvalue weighted by Gasteiger charge is 2.12. The molecule has 2 aromatic carbocycles. The fourth-order valence-corrected chi connectivity index (χ4v) is 2.21. The van der Waals surface area contributed by atoms with Crippen LogP contribution in [0.15, 0.2) is 42.5 Å². The second kappa shape index (κ2) is 5.59. The molecule has 0 N–H and O–H groups in total. The molecule has 0 fully saturated rings. The van der Waals surface area contributed by atoms with Crippen LogP contribution in [0.3, 0.4) is 0 Å². The van der Waals surface area contributed by atoms with E-state index in [1.54, 1.807) is 42.3 Å². The summed E-state index contributed by atoms with van der Waals surface area (Å²) < 4.78 is 13.8. The van der Waals surface area contributed by atoms with Gasteiger partial charge in [-0.25, -0.2) is 4.39 Å². The van der Waals surface area contributed by atoms with E-state index in [2.05, 4.69) is 0 Å². The summed E-state index contributed by atoms with van der Waals surface area (Å²) in [6.45, 7) is 0. The number of benzene rings is 2. The van der Waals surface area contributed by atoms with Gasteiger partial charge in [0.2, 0.25) is 0 Å². The molecule has 1 nitrogen and oxygen atoms in total. The summed E-state index contributed by atoms with van der Waals surface area (Å²) in [4.78, 5) is 1.75. The zero-order chi connectivity index (χ0) is 13.1. The number of hydrogen-bond acceptors (Lipinski definition) is 1. The van der Waals surface area contributed by atoms with Crippen LogP contribution in [0.5, 0.6) is 0 Å². The first kappa shape index (κ1) is 13.2. The topological polar surface area (TPSA) is 3.24 Å². The van der Waals surface area contributed by atoms with Gasteiger partial charge in [0.25, 0.3) is 0 Å². The molecule has 2 aromatic rings. The van der Waals surface area contributed by atoms with Gasteiger partial charge < -0.3 is 4.90 Å². The van der Waals surface area contributed by atoms with E-state index < -0.39 is 0 Å². The zero-order valence-corrected chi connectivity index (χ0v) is 11.3. The molecule has 0 aliphatic heterocycles. The predicted octanol–water partition coefficient (Wildman–Crippen LogP) is 4.99. The van der Waals surface area contributed by atoms with Crippen LogP contribution >= 0.6 is 23.2 Å². The summed E-state index contributed by atoms with van der Waals surface area (Å²) in [7, 11) is 1.79. The number of anilines is 2. The molecule has 0 saturated heterocycles. The monoisotopic (exact) mass is 283 g/mol. The van der Waals surface area contributed by atoms with Crippen LogP contribution < -0.4 is 4.90 Å². The Morgan fingerprint density at radius 3 is 2.50 bits per heavy atom. The normalized spacial score (nSPS) is 10.4. The molecule has 0 saturated carbocycles. The molecule has 2 rings (SSSR count). The lowest BCUT2D eigenvalue weighted by molar-refractivity contribution is 0.627. The van der Waals surface area contributed by atoms with Gasteiger partial charge in [-0.3, -0.25) is 0 Å². The van der Waals surface area contributed by atoms with Gasteiger partial charge in [-0.05, 0) is 29.8 Å². The molecule has 0 aliphatic rings. The Kier molecular flexibility index (Phi) is 4.10. The predicted molar refractivity (Wildman–Crippen MR) is 75.5 cm³/mol. The van der Waals surface area contributed by atoms with Gasteiger partial charge >= 0.3 is 0 Å². The first-order valence-electron chi connectivity index (χ1n) is 5.46. The van der Waals surface area contributed by atoms with Gasteiger partial charge in [0.1, 0.15) is 5.82 Å². The molecule has 4 heteroatoms. The van der Waals surface area contributed by atoms with Crippen molar-refractivity contribution in [2.45, 2.75) is 5.88 Å². The van der Waals surface area contributed by atoms with Crippen molar-refractivity contribution >= 4 is 34.6 Å². The Morgan fingerprint density at radius 2 is 1.83 bits per heavy atom. The number of rotatable bonds is 3. The maximum Gasteiger partial charge on any atom is 0.146 e. The molecule has 0 atom stereocenters. The van der Waals surface area contributed by atoms with Crippen LogP contribution in [0.1, 0.15) is 5.56 Å². The quantitative estimate of drug-likeness (QED) is 0.718. The molecule has 18 heavy (non-hydrogen) atoms. The lowest BCUT2D eigenvalue weighted by atomic mass is 10.1. The third-order valence-corrected chi connectivity index (χ3v) is 3.29. The standard InChI is InChI=1S/C14H12Cl2FN/c1-18(13-5-3-2-4-12(13)17)14-8-11(16)7-6-10(14)9-15/h2-8H,9H2,1H3. The van der Waals surface area contributed by atoms with Gasteiger partial charge in [0.05, 0.1) is 5.69 Å². The first-order chi connectivity index (χ1) is 8.63. The Balaban J connectivity index is 2.48. The molecule has 0 aliphatic carbocycles. The average molecular weight is 284 g/mol.